The molecule has 0 aliphatic carbocycles. The van der Waals surface area contributed by atoms with Crippen LogP contribution in [0.2, 0.25) is 0 Å². The van der Waals surface area contributed by atoms with Gasteiger partial charge in [-0.1, -0.05) is 17.3 Å². The highest BCUT2D eigenvalue weighted by atomic mass is 19.1. The summed E-state index contributed by atoms with van der Waals surface area (Å²) in [5.74, 6) is 1.87. The van der Waals surface area contributed by atoms with Crippen LogP contribution in [0, 0.1) is 5.82 Å². The molecule has 3 heterocycles. The highest BCUT2D eigenvalue weighted by molar-refractivity contribution is 5.79. The van der Waals surface area contributed by atoms with E-state index in [0.717, 1.165) is 37.4 Å². The molecule has 0 atom stereocenters. The summed E-state index contributed by atoms with van der Waals surface area (Å²) >= 11 is 0. The van der Waals surface area contributed by atoms with Crippen molar-refractivity contribution in [3.8, 4) is 17.1 Å². The van der Waals surface area contributed by atoms with E-state index in [1.165, 1.54) is 12.1 Å². The van der Waals surface area contributed by atoms with Crippen LogP contribution >= 0.6 is 0 Å². The third kappa shape index (κ3) is 4.65. The first kappa shape index (κ1) is 20.6. The molecular formula is C24H24FN3O4. The number of likely N-dealkylation sites (tertiary alicyclic amines) is 1. The number of rotatable bonds is 6. The largest absolute Gasteiger partial charge is 0.487 e. The monoisotopic (exact) mass is 437 g/mol. The van der Waals surface area contributed by atoms with E-state index in [4.69, 9.17) is 14.0 Å². The van der Waals surface area contributed by atoms with E-state index >= 15 is 0 Å². The Morgan fingerprint density at radius 2 is 1.91 bits per heavy atom. The molecule has 3 aromatic rings. The molecule has 2 aliphatic rings. The molecule has 0 unspecified atom stereocenters. The van der Waals surface area contributed by atoms with Crippen LogP contribution in [0.1, 0.15) is 30.2 Å². The molecule has 2 aliphatic heterocycles. The first-order valence-corrected chi connectivity index (χ1v) is 10.8. The first-order valence-electron chi connectivity index (χ1n) is 10.8. The molecule has 1 aromatic heterocycles. The van der Waals surface area contributed by atoms with Crippen LogP contribution in [0.3, 0.4) is 0 Å². The Bertz CT molecular complexity index is 1070. The Labute approximate surface area is 185 Å². The standard InChI is InChI=1S/C24H24FN3O4/c25-19-3-1-2-16(12-19)13-22(29)28-14-21(15-28)31-20-6-4-17(5-7-20)23-26-24(32-27-23)18-8-10-30-11-9-18/h1-7,12,18,21H,8-11,13-15H2. The molecule has 0 radical (unpaired) electrons. The molecule has 0 N–H and O–H groups in total. The van der Waals surface area contributed by atoms with Gasteiger partial charge in [-0.3, -0.25) is 4.79 Å². The van der Waals surface area contributed by atoms with E-state index in [9.17, 15) is 9.18 Å². The van der Waals surface area contributed by atoms with Gasteiger partial charge in [0.1, 0.15) is 17.7 Å². The van der Waals surface area contributed by atoms with Gasteiger partial charge in [-0.05, 0) is 54.8 Å². The summed E-state index contributed by atoms with van der Waals surface area (Å²) in [4.78, 5) is 18.6. The van der Waals surface area contributed by atoms with Gasteiger partial charge < -0.3 is 18.9 Å². The Morgan fingerprint density at radius 1 is 1.12 bits per heavy atom. The van der Waals surface area contributed by atoms with Gasteiger partial charge >= 0.3 is 0 Å². The van der Waals surface area contributed by atoms with Crippen molar-refractivity contribution in [2.24, 2.45) is 0 Å². The van der Waals surface area contributed by atoms with Gasteiger partial charge in [-0.15, -0.1) is 0 Å². The zero-order valence-corrected chi connectivity index (χ0v) is 17.6. The van der Waals surface area contributed by atoms with Crippen LogP contribution in [0.4, 0.5) is 4.39 Å². The van der Waals surface area contributed by atoms with Crippen molar-refractivity contribution in [2.75, 3.05) is 26.3 Å². The summed E-state index contributed by atoms with van der Waals surface area (Å²) in [5, 5.41) is 4.11. The molecule has 8 heteroatoms. The summed E-state index contributed by atoms with van der Waals surface area (Å²) in [6, 6.07) is 13.7. The second-order valence-corrected chi connectivity index (χ2v) is 8.21. The minimum atomic E-state index is -0.329. The minimum absolute atomic E-state index is 0.0248. The van der Waals surface area contributed by atoms with Crippen LogP contribution in [-0.2, 0) is 16.0 Å². The maximum Gasteiger partial charge on any atom is 0.230 e. The lowest BCUT2D eigenvalue weighted by molar-refractivity contribution is -0.139. The second kappa shape index (κ2) is 9.08. The molecule has 1 amide bonds. The smallest absolute Gasteiger partial charge is 0.230 e. The van der Waals surface area contributed by atoms with Crippen molar-refractivity contribution in [1.29, 1.82) is 0 Å². The quantitative estimate of drug-likeness (QED) is 0.586. The third-order valence-electron chi connectivity index (χ3n) is 5.87. The van der Waals surface area contributed by atoms with Crippen molar-refractivity contribution in [3.05, 3.63) is 65.8 Å². The zero-order valence-electron chi connectivity index (χ0n) is 17.6. The third-order valence-corrected chi connectivity index (χ3v) is 5.87. The van der Waals surface area contributed by atoms with Gasteiger partial charge in [-0.25, -0.2) is 4.39 Å². The molecule has 0 spiro atoms. The van der Waals surface area contributed by atoms with Crippen LogP contribution in [0.15, 0.2) is 53.1 Å². The number of hydrogen-bond acceptors (Lipinski definition) is 6. The molecule has 166 valence electrons. The first-order chi connectivity index (χ1) is 15.6. The van der Waals surface area contributed by atoms with Crippen LogP contribution < -0.4 is 4.74 Å². The predicted octanol–water partition coefficient (Wildman–Crippen LogP) is 3.60. The lowest BCUT2D eigenvalue weighted by Gasteiger charge is -2.39. The normalized spacial score (nSPS) is 17.2. The number of halogens is 1. The number of nitrogens with zero attached hydrogens (tertiary/aromatic N) is 3. The van der Waals surface area contributed by atoms with Gasteiger partial charge in [0.2, 0.25) is 17.6 Å². The topological polar surface area (TPSA) is 77.7 Å². The average molecular weight is 437 g/mol. The van der Waals surface area contributed by atoms with Crippen LogP contribution in [0.25, 0.3) is 11.4 Å². The fourth-order valence-corrected chi connectivity index (χ4v) is 3.99. The molecule has 2 saturated heterocycles. The Balaban J connectivity index is 1.12. The minimum Gasteiger partial charge on any atom is -0.487 e. The van der Waals surface area contributed by atoms with Gasteiger partial charge in [0.05, 0.1) is 19.5 Å². The Kier molecular flexibility index (Phi) is 5.85. The molecule has 2 fully saturated rings. The number of hydrogen-bond donors (Lipinski definition) is 0. The van der Waals surface area contributed by atoms with Crippen molar-refractivity contribution >= 4 is 5.91 Å². The fraction of sp³-hybridized carbons (Fsp3) is 0.375. The molecular weight excluding hydrogens is 413 g/mol. The number of carbonyl (C=O) groups excluding carboxylic acids is 1. The SMILES string of the molecule is O=C(Cc1cccc(F)c1)N1CC(Oc2ccc(-c3noc(C4CCOCC4)n3)cc2)C1. The Hall–Kier alpha value is -3.26. The number of aromatic nitrogens is 2. The molecule has 5 rings (SSSR count). The Morgan fingerprint density at radius 3 is 2.66 bits per heavy atom. The van der Waals surface area contributed by atoms with Gasteiger partial charge in [0.15, 0.2) is 0 Å². The van der Waals surface area contributed by atoms with Gasteiger partial charge in [-0.2, -0.15) is 4.98 Å². The van der Waals surface area contributed by atoms with Crippen molar-refractivity contribution in [1.82, 2.24) is 15.0 Å². The summed E-state index contributed by atoms with van der Waals surface area (Å²) in [6.07, 6.45) is 1.94. The predicted molar refractivity (Wildman–Crippen MR) is 114 cm³/mol. The van der Waals surface area contributed by atoms with E-state index in [2.05, 4.69) is 10.1 Å². The highest BCUT2D eigenvalue weighted by Gasteiger charge is 2.32. The lowest BCUT2D eigenvalue weighted by Crippen LogP contribution is -2.56. The lowest BCUT2D eigenvalue weighted by atomic mass is 10.0. The molecule has 32 heavy (non-hydrogen) atoms. The summed E-state index contributed by atoms with van der Waals surface area (Å²) in [6.45, 7) is 2.50. The molecule has 0 bridgehead atoms. The van der Waals surface area contributed by atoms with E-state index in [0.29, 0.717) is 30.4 Å². The zero-order chi connectivity index (χ0) is 21.9. The number of benzene rings is 2. The van der Waals surface area contributed by atoms with E-state index in [1.807, 2.05) is 24.3 Å². The molecule has 2 aromatic carbocycles. The van der Waals surface area contributed by atoms with Crippen LogP contribution in [-0.4, -0.2) is 53.4 Å². The number of amides is 1. The summed E-state index contributed by atoms with van der Waals surface area (Å²) in [5.41, 5.74) is 1.54. The average Bonchev–Trinajstić information content (AvgIpc) is 3.27. The maximum atomic E-state index is 13.3. The number of ether oxygens (including phenoxy) is 2. The number of carbonyl (C=O) groups is 1. The highest BCUT2D eigenvalue weighted by Crippen LogP contribution is 2.28. The fourth-order valence-electron chi connectivity index (χ4n) is 3.99. The summed E-state index contributed by atoms with van der Waals surface area (Å²) < 4.78 is 30.1. The molecule has 7 nitrogen and oxygen atoms in total. The van der Waals surface area contributed by atoms with Crippen molar-refractivity contribution < 1.29 is 23.2 Å². The summed E-state index contributed by atoms with van der Waals surface area (Å²) in [7, 11) is 0. The second-order valence-electron chi connectivity index (χ2n) is 8.21. The maximum absolute atomic E-state index is 13.3. The van der Waals surface area contributed by atoms with E-state index < -0.39 is 0 Å². The molecule has 0 saturated carbocycles. The van der Waals surface area contributed by atoms with Crippen LogP contribution in [0.5, 0.6) is 5.75 Å². The van der Waals surface area contributed by atoms with Crippen molar-refractivity contribution in [2.45, 2.75) is 31.3 Å². The van der Waals surface area contributed by atoms with Gasteiger partial charge in [0, 0.05) is 24.7 Å². The van der Waals surface area contributed by atoms with E-state index in [1.54, 1.807) is 17.0 Å². The van der Waals surface area contributed by atoms with Crippen molar-refractivity contribution in [3.63, 3.8) is 0 Å². The van der Waals surface area contributed by atoms with E-state index in [-0.39, 0.29) is 30.2 Å². The van der Waals surface area contributed by atoms with Gasteiger partial charge in [0.25, 0.3) is 0 Å².